The van der Waals surface area contributed by atoms with E-state index < -0.39 is 0 Å². The van der Waals surface area contributed by atoms with Crippen molar-refractivity contribution in [3.63, 3.8) is 0 Å². The number of rotatable bonds is 3. The van der Waals surface area contributed by atoms with Gasteiger partial charge in [-0.15, -0.1) is 0 Å². The van der Waals surface area contributed by atoms with E-state index in [4.69, 9.17) is 4.74 Å². The molecule has 3 N–H and O–H groups in total. The number of imidazole rings is 1. The lowest BCUT2D eigenvalue weighted by Gasteiger charge is -2.18. The number of carbonyl (C=O) groups is 2. The van der Waals surface area contributed by atoms with Crippen LogP contribution in [0.1, 0.15) is 10.4 Å². The third-order valence-electron chi connectivity index (χ3n) is 3.81. The zero-order valence-corrected chi connectivity index (χ0v) is 13.1. The van der Waals surface area contributed by atoms with Crippen molar-refractivity contribution in [3.8, 4) is 17.0 Å². The van der Waals surface area contributed by atoms with Crippen molar-refractivity contribution in [1.82, 2.24) is 9.97 Å². The fourth-order valence-corrected chi connectivity index (χ4v) is 2.60. The molecule has 2 amide bonds. The van der Waals surface area contributed by atoms with Gasteiger partial charge in [-0.3, -0.25) is 9.59 Å². The number of nitrogens with zero attached hydrogens (tertiary/aromatic N) is 1. The van der Waals surface area contributed by atoms with Gasteiger partial charge >= 0.3 is 0 Å². The summed E-state index contributed by atoms with van der Waals surface area (Å²) in [6, 6.07) is 12.4. The van der Waals surface area contributed by atoms with Crippen molar-refractivity contribution >= 4 is 23.2 Å². The first-order valence-corrected chi connectivity index (χ1v) is 7.66. The zero-order chi connectivity index (χ0) is 17.2. The number of anilines is 2. The van der Waals surface area contributed by atoms with Gasteiger partial charge in [0.15, 0.2) is 6.61 Å². The van der Waals surface area contributed by atoms with Crippen molar-refractivity contribution in [1.29, 1.82) is 0 Å². The van der Waals surface area contributed by atoms with E-state index in [0.717, 1.165) is 11.3 Å². The van der Waals surface area contributed by atoms with Crippen LogP contribution >= 0.6 is 0 Å². The molecular formula is C18H14N4O3. The minimum Gasteiger partial charge on any atom is -0.482 e. The topological polar surface area (TPSA) is 96.1 Å². The molecule has 7 heteroatoms. The van der Waals surface area contributed by atoms with Crippen LogP contribution in [0, 0.1) is 0 Å². The molecule has 1 aromatic heterocycles. The van der Waals surface area contributed by atoms with Crippen LogP contribution < -0.4 is 15.4 Å². The van der Waals surface area contributed by atoms with Crippen LogP contribution in [-0.2, 0) is 4.79 Å². The highest BCUT2D eigenvalue weighted by Gasteiger charge is 2.18. The van der Waals surface area contributed by atoms with Crippen LogP contribution in [0.25, 0.3) is 11.3 Å². The van der Waals surface area contributed by atoms with Gasteiger partial charge in [0.05, 0.1) is 23.9 Å². The first kappa shape index (κ1) is 14.9. The van der Waals surface area contributed by atoms with E-state index in [9.17, 15) is 9.59 Å². The van der Waals surface area contributed by atoms with E-state index in [2.05, 4.69) is 20.6 Å². The van der Waals surface area contributed by atoms with Crippen LogP contribution in [0.2, 0.25) is 0 Å². The summed E-state index contributed by atoms with van der Waals surface area (Å²) < 4.78 is 5.34. The van der Waals surface area contributed by atoms with Gasteiger partial charge in [0, 0.05) is 16.8 Å². The standard InChI is InChI=1S/C18H14N4O3/c23-17-9-25-16-7-12(4-5-14(16)22-17)18(24)21-13-3-1-2-11(6-13)15-8-19-10-20-15/h1-8,10H,9H2,(H,19,20)(H,21,24)(H,22,23). The minimum atomic E-state index is -0.259. The molecule has 0 fully saturated rings. The van der Waals surface area contributed by atoms with Crippen molar-refractivity contribution in [2.24, 2.45) is 0 Å². The lowest BCUT2D eigenvalue weighted by atomic mass is 10.1. The third-order valence-corrected chi connectivity index (χ3v) is 3.81. The molecule has 2 heterocycles. The maximum Gasteiger partial charge on any atom is 0.262 e. The molecule has 7 nitrogen and oxygen atoms in total. The number of fused-ring (bicyclic) bond motifs is 1. The maximum absolute atomic E-state index is 12.5. The second-order valence-corrected chi connectivity index (χ2v) is 5.55. The molecule has 1 aliphatic heterocycles. The predicted molar refractivity (Wildman–Crippen MR) is 92.5 cm³/mol. The van der Waals surface area contributed by atoms with Crippen molar-refractivity contribution in [3.05, 3.63) is 60.6 Å². The second-order valence-electron chi connectivity index (χ2n) is 5.55. The van der Waals surface area contributed by atoms with E-state index in [1.165, 1.54) is 0 Å². The number of aromatic amines is 1. The van der Waals surface area contributed by atoms with Crippen molar-refractivity contribution in [2.75, 3.05) is 17.2 Å². The van der Waals surface area contributed by atoms with Gasteiger partial charge in [0.2, 0.25) is 0 Å². The Labute approximate surface area is 143 Å². The van der Waals surface area contributed by atoms with Gasteiger partial charge in [-0.2, -0.15) is 0 Å². The van der Waals surface area contributed by atoms with E-state index in [-0.39, 0.29) is 18.4 Å². The number of amides is 2. The first-order valence-electron chi connectivity index (χ1n) is 7.66. The van der Waals surface area contributed by atoms with Gasteiger partial charge in [-0.05, 0) is 30.3 Å². The summed E-state index contributed by atoms with van der Waals surface area (Å²) in [7, 11) is 0. The van der Waals surface area contributed by atoms with E-state index in [0.29, 0.717) is 22.7 Å². The molecule has 0 unspecified atom stereocenters. The number of hydrogen-bond acceptors (Lipinski definition) is 4. The van der Waals surface area contributed by atoms with Gasteiger partial charge < -0.3 is 20.4 Å². The number of nitrogens with one attached hydrogen (secondary N) is 3. The molecule has 0 radical (unpaired) electrons. The number of aromatic nitrogens is 2. The average molecular weight is 334 g/mol. The molecule has 0 saturated heterocycles. The lowest BCUT2D eigenvalue weighted by molar-refractivity contribution is -0.118. The van der Waals surface area contributed by atoms with Crippen molar-refractivity contribution < 1.29 is 14.3 Å². The van der Waals surface area contributed by atoms with Crippen LogP contribution in [0.15, 0.2) is 55.0 Å². The number of benzene rings is 2. The Hall–Kier alpha value is -3.61. The second kappa shape index (κ2) is 6.12. The smallest absolute Gasteiger partial charge is 0.262 e. The zero-order valence-electron chi connectivity index (χ0n) is 13.1. The molecule has 124 valence electrons. The summed E-state index contributed by atoms with van der Waals surface area (Å²) in [4.78, 5) is 30.8. The van der Waals surface area contributed by atoms with Crippen molar-refractivity contribution in [2.45, 2.75) is 0 Å². The minimum absolute atomic E-state index is 0.0513. The fourth-order valence-electron chi connectivity index (χ4n) is 2.60. The predicted octanol–water partition coefficient (Wildman–Crippen LogP) is 2.66. The molecule has 2 aromatic carbocycles. The highest BCUT2D eigenvalue weighted by molar-refractivity contribution is 6.06. The van der Waals surface area contributed by atoms with E-state index in [1.807, 2.05) is 24.3 Å². The maximum atomic E-state index is 12.5. The first-order chi connectivity index (χ1) is 12.2. The van der Waals surface area contributed by atoms with Crippen LogP contribution in [0.4, 0.5) is 11.4 Å². The largest absolute Gasteiger partial charge is 0.482 e. The molecule has 0 spiro atoms. The Morgan fingerprint density at radius 3 is 2.96 bits per heavy atom. The highest BCUT2D eigenvalue weighted by atomic mass is 16.5. The highest BCUT2D eigenvalue weighted by Crippen LogP contribution is 2.29. The number of H-pyrrole nitrogens is 1. The summed E-state index contributed by atoms with van der Waals surface area (Å²) >= 11 is 0. The lowest BCUT2D eigenvalue weighted by Crippen LogP contribution is -2.25. The molecule has 25 heavy (non-hydrogen) atoms. The van der Waals surface area contributed by atoms with Gasteiger partial charge in [-0.25, -0.2) is 4.98 Å². The molecule has 0 atom stereocenters. The molecule has 3 aromatic rings. The molecule has 0 bridgehead atoms. The molecular weight excluding hydrogens is 320 g/mol. The van der Waals surface area contributed by atoms with Crippen LogP contribution in [-0.4, -0.2) is 28.4 Å². The monoisotopic (exact) mass is 334 g/mol. The van der Waals surface area contributed by atoms with Gasteiger partial charge in [-0.1, -0.05) is 12.1 Å². The summed E-state index contributed by atoms with van der Waals surface area (Å²) in [5, 5.41) is 5.55. The molecule has 4 rings (SSSR count). The third kappa shape index (κ3) is 3.07. The SMILES string of the molecule is O=C1COc2cc(C(=O)Nc3cccc(-c4cnc[nH]4)c3)ccc2N1. The normalized spacial score (nSPS) is 12.7. The number of ether oxygens (including phenoxy) is 1. The van der Waals surface area contributed by atoms with Gasteiger partial charge in [0.25, 0.3) is 11.8 Å². The molecule has 1 aliphatic rings. The summed E-state index contributed by atoms with van der Waals surface area (Å²) in [5.74, 6) is 0.0174. The quantitative estimate of drug-likeness (QED) is 0.686. The van der Waals surface area contributed by atoms with Crippen LogP contribution in [0.5, 0.6) is 5.75 Å². The Morgan fingerprint density at radius 1 is 1.20 bits per heavy atom. The fraction of sp³-hybridized carbons (Fsp3) is 0.0556. The average Bonchev–Trinajstić information content (AvgIpc) is 3.16. The Bertz CT molecular complexity index is 951. The van der Waals surface area contributed by atoms with E-state index in [1.54, 1.807) is 30.7 Å². The molecule has 0 saturated carbocycles. The molecule has 0 aliphatic carbocycles. The Balaban J connectivity index is 1.54. The van der Waals surface area contributed by atoms with Crippen LogP contribution in [0.3, 0.4) is 0 Å². The summed E-state index contributed by atoms with van der Waals surface area (Å²) in [6.45, 7) is -0.0513. The van der Waals surface area contributed by atoms with Gasteiger partial charge in [0.1, 0.15) is 5.75 Å². The Morgan fingerprint density at radius 2 is 2.12 bits per heavy atom. The summed E-state index contributed by atoms with van der Waals surface area (Å²) in [5.41, 5.74) is 3.47. The van der Waals surface area contributed by atoms with E-state index >= 15 is 0 Å². The number of hydrogen-bond donors (Lipinski definition) is 3. The Kier molecular flexibility index (Phi) is 3.66. The number of carbonyl (C=O) groups excluding carboxylic acids is 2. The summed E-state index contributed by atoms with van der Waals surface area (Å²) in [6.07, 6.45) is 3.32.